The highest BCUT2D eigenvalue weighted by Crippen LogP contribution is 2.37. The number of carbonyl (C=O) groups excluding carboxylic acids is 1. The molecule has 0 spiro atoms. The number of hydrogen-bond donors (Lipinski definition) is 0. The summed E-state index contributed by atoms with van der Waals surface area (Å²) < 4.78 is 1.13. The summed E-state index contributed by atoms with van der Waals surface area (Å²) in [6.45, 7) is 8.07. The maximum Gasteiger partial charge on any atom is 0.178 e. The fourth-order valence-electron chi connectivity index (χ4n) is 1.88. The van der Waals surface area contributed by atoms with Crippen LogP contribution < -0.4 is 0 Å². The lowest BCUT2D eigenvalue weighted by molar-refractivity contribution is 0.0837. The Kier molecular flexibility index (Phi) is 3.52. The molecule has 0 saturated carbocycles. The molecule has 0 aliphatic heterocycles. The van der Waals surface area contributed by atoms with Crippen molar-refractivity contribution in [2.45, 2.75) is 34.1 Å². The first-order chi connectivity index (χ1) is 8.36. The molecule has 0 aliphatic rings. The van der Waals surface area contributed by atoms with Gasteiger partial charge in [-0.2, -0.15) is 0 Å². The van der Waals surface area contributed by atoms with Crippen molar-refractivity contribution in [3.05, 3.63) is 33.7 Å². The van der Waals surface area contributed by atoms with Gasteiger partial charge >= 0.3 is 0 Å². The Morgan fingerprint density at radius 2 is 2.06 bits per heavy atom. The Hall–Kier alpha value is -0.860. The van der Waals surface area contributed by atoms with E-state index in [1.807, 2.05) is 39.0 Å². The van der Waals surface area contributed by atoms with Crippen LogP contribution in [0.2, 0.25) is 5.02 Å². The molecule has 0 fully saturated rings. The first kappa shape index (κ1) is 13.6. The van der Waals surface area contributed by atoms with Gasteiger partial charge in [0.25, 0.3) is 0 Å². The van der Waals surface area contributed by atoms with E-state index in [1.54, 1.807) is 11.3 Å². The minimum atomic E-state index is -0.296. The quantitative estimate of drug-likeness (QED) is 0.680. The smallest absolute Gasteiger partial charge is 0.178 e. The lowest BCUT2D eigenvalue weighted by Crippen LogP contribution is -2.22. The van der Waals surface area contributed by atoms with E-state index in [1.165, 1.54) is 0 Å². The standard InChI is InChI=1S/C15H17ClOS/c1-5-15(3,4)14(17)13-9(2)11-8-10(16)6-7-12(11)18-13/h6-8H,5H2,1-4H3. The van der Waals surface area contributed by atoms with Crippen molar-refractivity contribution in [1.29, 1.82) is 0 Å². The first-order valence-corrected chi connectivity index (χ1v) is 7.29. The summed E-state index contributed by atoms with van der Waals surface area (Å²) in [7, 11) is 0. The Balaban J connectivity index is 2.59. The monoisotopic (exact) mass is 280 g/mol. The summed E-state index contributed by atoms with van der Waals surface area (Å²) in [6, 6.07) is 5.81. The van der Waals surface area contributed by atoms with E-state index in [-0.39, 0.29) is 11.2 Å². The van der Waals surface area contributed by atoms with Gasteiger partial charge in [-0.25, -0.2) is 0 Å². The SMILES string of the molecule is CCC(C)(C)C(=O)c1sc2ccc(Cl)cc2c1C. The zero-order valence-electron chi connectivity index (χ0n) is 11.1. The molecule has 1 heterocycles. The van der Waals surface area contributed by atoms with Crippen molar-refractivity contribution < 1.29 is 4.79 Å². The number of Topliss-reactive ketones (excluding diaryl/α,β-unsaturated/α-hetero) is 1. The number of hydrogen-bond acceptors (Lipinski definition) is 2. The number of thiophene rings is 1. The summed E-state index contributed by atoms with van der Waals surface area (Å²) in [4.78, 5) is 13.4. The fraction of sp³-hybridized carbons (Fsp3) is 0.400. The lowest BCUT2D eigenvalue weighted by Gasteiger charge is -2.20. The number of fused-ring (bicyclic) bond motifs is 1. The highest BCUT2D eigenvalue weighted by atomic mass is 35.5. The second-order valence-corrected chi connectivity index (χ2v) is 6.75. The zero-order valence-corrected chi connectivity index (χ0v) is 12.7. The van der Waals surface area contributed by atoms with Crippen molar-refractivity contribution in [3.8, 4) is 0 Å². The molecule has 0 saturated heterocycles. The Morgan fingerprint density at radius 1 is 1.39 bits per heavy atom. The molecule has 0 N–H and O–H groups in total. The second-order valence-electron chi connectivity index (χ2n) is 5.26. The van der Waals surface area contributed by atoms with Gasteiger partial charge in [0.05, 0.1) is 4.88 Å². The van der Waals surface area contributed by atoms with E-state index in [4.69, 9.17) is 11.6 Å². The Labute approximate surface area is 117 Å². The van der Waals surface area contributed by atoms with Crippen LogP contribution in [0.3, 0.4) is 0 Å². The third-order valence-corrected chi connectivity index (χ3v) is 5.11. The molecule has 0 amide bonds. The van der Waals surface area contributed by atoms with E-state index in [0.29, 0.717) is 0 Å². The average Bonchev–Trinajstić information content (AvgIpc) is 2.66. The number of ketones is 1. The maximum atomic E-state index is 12.6. The van der Waals surface area contributed by atoms with Crippen LogP contribution in [0, 0.1) is 12.3 Å². The molecule has 0 bridgehead atoms. The van der Waals surface area contributed by atoms with Crippen LogP contribution in [0.5, 0.6) is 0 Å². The van der Waals surface area contributed by atoms with Crippen molar-refractivity contribution in [3.63, 3.8) is 0 Å². The Bertz CT molecular complexity index is 610. The number of carbonyl (C=O) groups is 1. The molecule has 18 heavy (non-hydrogen) atoms. The van der Waals surface area contributed by atoms with Gasteiger partial charge in [0.2, 0.25) is 0 Å². The predicted molar refractivity (Wildman–Crippen MR) is 80.0 cm³/mol. The first-order valence-electron chi connectivity index (χ1n) is 6.10. The highest BCUT2D eigenvalue weighted by Gasteiger charge is 2.29. The van der Waals surface area contributed by atoms with Gasteiger partial charge < -0.3 is 0 Å². The van der Waals surface area contributed by atoms with E-state index in [9.17, 15) is 4.79 Å². The minimum Gasteiger partial charge on any atom is -0.293 e. The largest absolute Gasteiger partial charge is 0.293 e. The minimum absolute atomic E-state index is 0.236. The van der Waals surface area contributed by atoms with Gasteiger partial charge in [-0.05, 0) is 42.5 Å². The van der Waals surface area contributed by atoms with Gasteiger partial charge in [0.1, 0.15) is 0 Å². The van der Waals surface area contributed by atoms with E-state index < -0.39 is 0 Å². The summed E-state index contributed by atoms with van der Waals surface area (Å²) in [6.07, 6.45) is 0.847. The molecule has 0 radical (unpaired) electrons. The zero-order chi connectivity index (χ0) is 13.5. The number of benzene rings is 1. The number of halogens is 1. The van der Waals surface area contributed by atoms with Crippen molar-refractivity contribution in [2.75, 3.05) is 0 Å². The topological polar surface area (TPSA) is 17.1 Å². The van der Waals surface area contributed by atoms with Gasteiger partial charge in [0, 0.05) is 15.1 Å². The molecule has 1 aromatic carbocycles. The van der Waals surface area contributed by atoms with E-state index >= 15 is 0 Å². The van der Waals surface area contributed by atoms with Crippen LogP contribution in [-0.2, 0) is 0 Å². The fourth-order valence-corrected chi connectivity index (χ4v) is 3.36. The molecule has 2 aromatic rings. The molecule has 0 unspecified atom stereocenters. The number of aryl methyl sites for hydroxylation is 1. The van der Waals surface area contributed by atoms with Gasteiger partial charge in [0.15, 0.2) is 5.78 Å². The van der Waals surface area contributed by atoms with Crippen LogP contribution in [0.1, 0.15) is 42.4 Å². The van der Waals surface area contributed by atoms with E-state index in [2.05, 4.69) is 6.92 Å². The van der Waals surface area contributed by atoms with Crippen molar-refractivity contribution >= 4 is 38.8 Å². The van der Waals surface area contributed by atoms with Crippen LogP contribution in [-0.4, -0.2) is 5.78 Å². The lowest BCUT2D eigenvalue weighted by atomic mass is 9.84. The van der Waals surface area contributed by atoms with E-state index in [0.717, 1.165) is 32.0 Å². The molecule has 96 valence electrons. The van der Waals surface area contributed by atoms with Crippen LogP contribution in [0.4, 0.5) is 0 Å². The van der Waals surface area contributed by atoms with Crippen LogP contribution in [0.25, 0.3) is 10.1 Å². The van der Waals surface area contributed by atoms with Gasteiger partial charge in [-0.1, -0.05) is 32.4 Å². The van der Waals surface area contributed by atoms with Gasteiger partial charge in [-0.15, -0.1) is 11.3 Å². The molecule has 3 heteroatoms. The molecule has 0 aliphatic carbocycles. The summed E-state index contributed by atoms with van der Waals surface area (Å²) in [5, 5.41) is 1.82. The summed E-state index contributed by atoms with van der Waals surface area (Å²) >= 11 is 7.59. The molecule has 1 aromatic heterocycles. The molecular formula is C15H17ClOS. The van der Waals surface area contributed by atoms with Crippen molar-refractivity contribution in [2.24, 2.45) is 5.41 Å². The Morgan fingerprint density at radius 3 is 2.67 bits per heavy atom. The molecule has 2 rings (SSSR count). The average molecular weight is 281 g/mol. The molecule has 0 atom stereocenters. The molecule has 1 nitrogen and oxygen atoms in total. The summed E-state index contributed by atoms with van der Waals surface area (Å²) in [5.41, 5.74) is 0.763. The number of rotatable bonds is 3. The maximum absolute atomic E-state index is 12.6. The third kappa shape index (κ3) is 2.19. The van der Waals surface area contributed by atoms with Gasteiger partial charge in [-0.3, -0.25) is 4.79 Å². The van der Waals surface area contributed by atoms with Crippen LogP contribution in [0.15, 0.2) is 18.2 Å². The predicted octanol–water partition coefficient (Wildman–Crippen LogP) is 5.48. The van der Waals surface area contributed by atoms with Crippen molar-refractivity contribution in [1.82, 2.24) is 0 Å². The third-order valence-electron chi connectivity index (χ3n) is 3.60. The normalized spacial score (nSPS) is 12.1. The molecular weight excluding hydrogens is 264 g/mol. The highest BCUT2D eigenvalue weighted by molar-refractivity contribution is 7.21. The van der Waals surface area contributed by atoms with Crippen LogP contribution >= 0.6 is 22.9 Å². The second kappa shape index (κ2) is 4.67. The summed E-state index contributed by atoms with van der Waals surface area (Å²) in [5.74, 6) is 0.236.